The Kier molecular flexibility index (Phi) is 7.05. The molecule has 3 aromatic rings. The van der Waals surface area contributed by atoms with E-state index in [0.29, 0.717) is 17.3 Å². The number of amides is 2. The number of nitrogens with zero attached hydrogens (tertiary/aromatic N) is 3. The molecule has 0 aliphatic carbocycles. The van der Waals surface area contributed by atoms with Crippen molar-refractivity contribution in [2.45, 2.75) is 57.8 Å². The van der Waals surface area contributed by atoms with Gasteiger partial charge in [-0.05, 0) is 30.0 Å². The highest BCUT2D eigenvalue weighted by atomic mass is 19.1. The summed E-state index contributed by atoms with van der Waals surface area (Å²) in [5.74, 6) is -0.225. The second-order valence-electron chi connectivity index (χ2n) is 8.98. The fourth-order valence-electron chi connectivity index (χ4n) is 4.16. The average Bonchev–Trinajstić information content (AvgIpc) is 3.43. The third-order valence-corrected chi connectivity index (χ3v) is 6.03. The fourth-order valence-corrected chi connectivity index (χ4v) is 4.16. The van der Waals surface area contributed by atoms with E-state index in [-0.39, 0.29) is 25.3 Å². The summed E-state index contributed by atoms with van der Waals surface area (Å²) >= 11 is 0. The van der Waals surface area contributed by atoms with E-state index in [4.69, 9.17) is 4.42 Å². The highest BCUT2D eigenvalue weighted by Gasteiger charge is 2.40. The van der Waals surface area contributed by atoms with E-state index in [0.717, 1.165) is 11.1 Å². The van der Waals surface area contributed by atoms with Gasteiger partial charge in [-0.1, -0.05) is 50.2 Å². The van der Waals surface area contributed by atoms with E-state index in [1.807, 2.05) is 48.7 Å². The van der Waals surface area contributed by atoms with E-state index in [2.05, 4.69) is 29.1 Å². The summed E-state index contributed by atoms with van der Waals surface area (Å²) in [5.41, 5.74) is 3.27. The molecule has 3 unspecified atom stereocenters. The van der Waals surface area contributed by atoms with Crippen molar-refractivity contribution < 1.29 is 18.4 Å². The van der Waals surface area contributed by atoms with Crippen LogP contribution in [0.3, 0.4) is 0 Å². The molecule has 4 rings (SSSR count). The van der Waals surface area contributed by atoms with Crippen molar-refractivity contribution >= 4 is 11.8 Å². The summed E-state index contributed by atoms with van der Waals surface area (Å²) in [6.45, 7) is 5.80. The SMILES string of the molecule is Cc1coc(CC(=O)N2CC(F)CC2C(=O)NC(c2ccccc2)c2ccc(C(C)C)cn2)n1. The van der Waals surface area contributed by atoms with E-state index in [1.54, 1.807) is 6.92 Å². The van der Waals surface area contributed by atoms with E-state index in [9.17, 15) is 14.0 Å². The maximum absolute atomic E-state index is 14.4. The summed E-state index contributed by atoms with van der Waals surface area (Å²) in [6, 6.07) is 11.9. The van der Waals surface area contributed by atoms with Gasteiger partial charge in [-0.15, -0.1) is 0 Å². The number of hydrogen-bond acceptors (Lipinski definition) is 5. The molecule has 0 saturated carbocycles. The predicted octanol–water partition coefficient (Wildman–Crippen LogP) is 3.89. The third-order valence-electron chi connectivity index (χ3n) is 6.03. The van der Waals surface area contributed by atoms with Gasteiger partial charge in [0.15, 0.2) is 0 Å². The van der Waals surface area contributed by atoms with E-state index in [1.165, 1.54) is 11.2 Å². The van der Waals surface area contributed by atoms with Crippen LogP contribution < -0.4 is 5.32 Å². The van der Waals surface area contributed by atoms with Crippen LogP contribution in [0.5, 0.6) is 0 Å². The minimum atomic E-state index is -1.27. The number of nitrogens with one attached hydrogen (secondary N) is 1. The van der Waals surface area contributed by atoms with Gasteiger partial charge in [0.05, 0.1) is 24.0 Å². The third kappa shape index (κ3) is 5.32. The Morgan fingerprint density at radius 3 is 2.56 bits per heavy atom. The number of aryl methyl sites for hydroxylation is 1. The summed E-state index contributed by atoms with van der Waals surface area (Å²) in [4.78, 5) is 36.3. The van der Waals surface area contributed by atoms with Gasteiger partial charge in [0.1, 0.15) is 24.9 Å². The van der Waals surface area contributed by atoms with Gasteiger partial charge in [0.2, 0.25) is 17.7 Å². The van der Waals surface area contributed by atoms with E-state index < -0.39 is 30.1 Å². The highest BCUT2D eigenvalue weighted by Crippen LogP contribution is 2.26. The molecule has 3 atom stereocenters. The number of alkyl halides is 1. The highest BCUT2D eigenvalue weighted by molar-refractivity contribution is 5.89. The minimum absolute atomic E-state index is 0.0522. The first-order valence-electron chi connectivity index (χ1n) is 11.5. The molecule has 1 aliphatic heterocycles. The van der Waals surface area contributed by atoms with Crippen molar-refractivity contribution in [2.24, 2.45) is 0 Å². The fraction of sp³-hybridized carbons (Fsp3) is 0.385. The van der Waals surface area contributed by atoms with Crippen LogP contribution in [0.1, 0.15) is 60.6 Å². The molecular weight excluding hydrogens is 435 g/mol. The molecule has 2 aromatic heterocycles. The Morgan fingerprint density at radius 1 is 1.18 bits per heavy atom. The number of carbonyl (C=O) groups is 2. The van der Waals surface area contributed by atoms with Crippen LogP contribution in [0.15, 0.2) is 59.3 Å². The predicted molar refractivity (Wildman–Crippen MR) is 125 cm³/mol. The van der Waals surface area contributed by atoms with Crippen LogP contribution in [0.25, 0.3) is 0 Å². The van der Waals surface area contributed by atoms with Crippen LogP contribution in [-0.2, 0) is 16.0 Å². The van der Waals surface area contributed by atoms with Crippen LogP contribution in [0, 0.1) is 6.92 Å². The topological polar surface area (TPSA) is 88.3 Å². The molecule has 3 heterocycles. The summed E-state index contributed by atoms with van der Waals surface area (Å²) in [6.07, 6.45) is 1.82. The normalized spacial score (nSPS) is 18.8. The first kappa shape index (κ1) is 23.6. The van der Waals surface area contributed by atoms with Gasteiger partial charge in [0.25, 0.3) is 0 Å². The number of oxazole rings is 1. The molecule has 1 aromatic carbocycles. The number of rotatable bonds is 7. The lowest BCUT2D eigenvalue weighted by Crippen LogP contribution is -2.47. The molecule has 8 heteroatoms. The number of likely N-dealkylation sites (tertiary alicyclic amines) is 1. The molecule has 0 radical (unpaired) electrons. The molecule has 0 spiro atoms. The van der Waals surface area contributed by atoms with Crippen molar-refractivity contribution in [3.63, 3.8) is 0 Å². The molecular formula is C26H29FN4O3. The molecule has 1 saturated heterocycles. The smallest absolute Gasteiger partial charge is 0.243 e. The quantitative estimate of drug-likeness (QED) is 0.573. The zero-order valence-corrected chi connectivity index (χ0v) is 19.6. The molecule has 0 bridgehead atoms. The average molecular weight is 465 g/mol. The van der Waals surface area contributed by atoms with Gasteiger partial charge < -0.3 is 14.6 Å². The summed E-state index contributed by atoms with van der Waals surface area (Å²) in [7, 11) is 0. The van der Waals surface area contributed by atoms with Gasteiger partial charge >= 0.3 is 0 Å². The Labute approximate surface area is 198 Å². The van der Waals surface area contributed by atoms with Gasteiger partial charge in [-0.25, -0.2) is 9.37 Å². The first-order valence-corrected chi connectivity index (χ1v) is 11.5. The van der Waals surface area contributed by atoms with Crippen molar-refractivity contribution in [1.82, 2.24) is 20.2 Å². The lowest BCUT2D eigenvalue weighted by Gasteiger charge is -2.26. The maximum atomic E-state index is 14.4. The number of aromatic nitrogens is 2. The molecule has 2 amide bonds. The zero-order valence-electron chi connectivity index (χ0n) is 19.6. The summed E-state index contributed by atoms with van der Waals surface area (Å²) in [5, 5.41) is 3.01. The number of hydrogen-bond donors (Lipinski definition) is 1. The monoisotopic (exact) mass is 464 g/mol. The lowest BCUT2D eigenvalue weighted by atomic mass is 10.00. The van der Waals surface area contributed by atoms with Crippen LogP contribution >= 0.6 is 0 Å². The molecule has 1 N–H and O–H groups in total. The first-order chi connectivity index (χ1) is 16.3. The minimum Gasteiger partial charge on any atom is -0.448 e. The Hall–Kier alpha value is -3.55. The van der Waals surface area contributed by atoms with Crippen molar-refractivity contribution in [2.75, 3.05) is 6.54 Å². The Morgan fingerprint density at radius 2 is 1.94 bits per heavy atom. The number of pyridine rings is 1. The second-order valence-corrected chi connectivity index (χ2v) is 8.98. The maximum Gasteiger partial charge on any atom is 0.243 e. The van der Waals surface area contributed by atoms with Crippen LogP contribution in [0.4, 0.5) is 4.39 Å². The number of benzene rings is 1. The largest absolute Gasteiger partial charge is 0.448 e. The zero-order chi connectivity index (χ0) is 24.2. The van der Waals surface area contributed by atoms with Crippen molar-refractivity contribution in [3.8, 4) is 0 Å². The lowest BCUT2D eigenvalue weighted by molar-refractivity contribution is -0.138. The standard InChI is InChI=1S/C26H29FN4O3/c1-16(2)19-9-10-21(28-13-19)25(18-7-5-4-6-8-18)30-26(33)22-11-20(27)14-31(22)24(32)12-23-29-17(3)15-34-23/h4-10,13,15-16,20,22,25H,11-12,14H2,1-3H3,(H,30,33). The molecule has 178 valence electrons. The van der Waals surface area contributed by atoms with Crippen molar-refractivity contribution in [1.29, 1.82) is 0 Å². The molecule has 34 heavy (non-hydrogen) atoms. The van der Waals surface area contributed by atoms with Crippen LogP contribution in [0.2, 0.25) is 0 Å². The van der Waals surface area contributed by atoms with E-state index >= 15 is 0 Å². The second kappa shape index (κ2) is 10.2. The number of carbonyl (C=O) groups excluding carboxylic acids is 2. The molecule has 1 aliphatic rings. The van der Waals surface area contributed by atoms with Crippen LogP contribution in [-0.4, -0.2) is 45.4 Å². The van der Waals surface area contributed by atoms with Gasteiger partial charge in [-0.2, -0.15) is 0 Å². The van der Waals surface area contributed by atoms with Gasteiger partial charge in [0, 0.05) is 12.6 Å². The van der Waals surface area contributed by atoms with Crippen molar-refractivity contribution in [3.05, 3.63) is 83.3 Å². The number of halogens is 1. The molecule has 1 fully saturated rings. The summed E-state index contributed by atoms with van der Waals surface area (Å²) < 4.78 is 19.6. The Bertz CT molecular complexity index is 1130. The Balaban J connectivity index is 1.55. The van der Waals surface area contributed by atoms with Gasteiger partial charge in [-0.3, -0.25) is 14.6 Å². The molecule has 7 nitrogen and oxygen atoms in total.